The predicted octanol–water partition coefficient (Wildman–Crippen LogP) is 4.45. The summed E-state index contributed by atoms with van der Waals surface area (Å²) in [5, 5.41) is 0. The van der Waals surface area contributed by atoms with E-state index < -0.39 is 0 Å². The highest BCUT2D eigenvalue weighted by atomic mass is 14.1. The molecule has 0 saturated heterocycles. The van der Waals surface area contributed by atoms with Crippen LogP contribution in [-0.2, 0) is 0 Å². The molecule has 0 fully saturated rings. The lowest BCUT2D eigenvalue weighted by Crippen LogP contribution is -2.08. The van der Waals surface area contributed by atoms with E-state index in [4.69, 9.17) is 0 Å². The van der Waals surface area contributed by atoms with Crippen LogP contribution in [-0.4, -0.2) is 0 Å². The Morgan fingerprint density at radius 3 is 1.36 bits per heavy atom. The Morgan fingerprint density at radius 1 is 0.545 bits per heavy atom. The molecule has 0 bridgehead atoms. The lowest BCUT2D eigenvalue weighted by molar-refractivity contribution is 0.711. The van der Waals surface area contributed by atoms with Gasteiger partial charge in [-0.25, -0.2) is 0 Å². The van der Waals surface area contributed by atoms with Crippen LogP contribution in [0.4, 0.5) is 0 Å². The number of benzene rings is 2. The van der Waals surface area contributed by atoms with E-state index in [1.54, 1.807) is 0 Å². The Bertz CT molecular complexity index is 716. The van der Waals surface area contributed by atoms with Crippen LogP contribution in [0.5, 0.6) is 0 Å². The van der Waals surface area contributed by atoms with Crippen molar-refractivity contribution in [3.05, 3.63) is 96.1 Å². The second-order valence-electron chi connectivity index (χ2n) is 5.09. The quantitative estimate of drug-likeness (QED) is 0.625. The van der Waals surface area contributed by atoms with Gasteiger partial charge in [0, 0.05) is 11.1 Å². The highest BCUT2D eigenvalue weighted by Gasteiger charge is 2.13. The summed E-state index contributed by atoms with van der Waals surface area (Å²) in [6.45, 7) is 0. The maximum atomic E-state index is 3.33. The number of hydrogen-bond acceptors (Lipinski definition) is 0. The summed E-state index contributed by atoms with van der Waals surface area (Å²) in [4.78, 5) is 0. The summed E-state index contributed by atoms with van der Waals surface area (Å²) in [7, 11) is 0. The fraction of sp³-hybridized carbons (Fsp3) is 0.0909. The number of rotatable bonds is 0. The summed E-state index contributed by atoms with van der Waals surface area (Å²) >= 11 is 0. The molecule has 104 valence electrons. The SMILES string of the molecule is C(#CC1C=CC=CC1C#Cc1ccccc1)c1ccccc1. The Hall–Kier alpha value is -2.96. The molecule has 0 aliphatic heterocycles. The van der Waals surface area contributed by atoms with E-state index in [9.17, 15) is 0 Å². The maximum absolute atomic E-state index is 3.33. The third-order valence-electron chi connectivity index (χ3n) is 3.45. The molecular formula is C22H16. The molecule has 0 N–H and O–H groups in total. The fourth-order valence-corrected chi connectivity index (χ4v) is 2.26. The fourth-order valence-electron chi connectivity index (χ4n) is 2.26. The van der Waals surface area contributed by atoms with Gasteiger partial charge in [-0.3, -0.25) is 0 Å². The first-order valence-electron chi connectivity index (χ1n) is 7.40. The van der Waals surface area contributed by atoms with Crippen LogP contribution >= 0.6 is 0 Å². The predicted molar refractivity (Wildman–Crippen MR) is 91.9 cm³/mol. The van der Waals surface area contributed by atoms with Gasteiger partial charge in [0.25, 0.3) is 0 Å². The first-order chi connectivity index (χ1) is 10.9. The molecule has 2 unspecified atom stereocenters. The summed E-state index contributed by atoms with van der Waals surface area (Å²) in [5.41, 5.74) is 2.08. The molecule has 2 atom stereocenters. The Balaban J connectivity index is 1.79. The van der Waals surface area contributed by atoms with Crippen molar-refractivity contribution in [2.75, 3.05) is 0 Å². The third-order valence-corrected chi connectivity index (χ3v) is 3.45. The van der Waals surface area contributed by atoms with Crippen LogP contribution in [0.1, 0.15) is 11.1 Å². The Morgan fingerprint density at radius 2 is 0.955 bits per heavy atom. The van der Waals surface area contributed by atoms with Gasteiger partial charge in [-0.2, -0.15) is 0 Å². The molecule has 0 spiro atoms. The lowest BCUT2D eigenvalue weighted by atomic mass is 9.89. The van der Waals surface area contributed by atoms with E-state index in [-0.39, 0.29) is 11.8 Å². The molecule has 0 radical (unpaired) electrons. The van der Waals surface area contributed by atoms with E-state index in [2.05, 4.69) is 35.8 Å². The van der Waals surface area contributed by atoms with Crippen LogP contribution in [0.2, 0.25) is 0 Å². The molecule has 1 aliphatic carbocycles. The third kappa shape index (κ3) is 3.78. The van der Waals surface area contributed by atoms with Gasteiger partial charge < -0.3 is 0 Å². The van der Waals surface area contributed by atoms with Crippen LogP contribution in [0, 0.1) is 35.5 Å². The molecule has 2 aromatic rings. The molecule has 0 aromatic heterocycles. The zero-order valence-corrected chi connectivity index (χ0v) is 12.2. The van der Waals surface area contributed by atoms with Crippen LogP contribution < -0.4 is 0 Å². The van der Waals surface area contributed by atoms with Crippen molar-refractivity contribution in [2.24, 2.45) is 11.8 Å². The monoisotopic (exact) mass is 280 g/mol. The minimum absolute atomic E-state index is 0.140. The summed E-state index contributed by atoms with van der Waals surface area (Å²) in [6, 6.07) is 20.1. The molecule has 1 aliphatic rings. The van der Waals surface area contributed by atoms with Crippen molar-refractivity contribution in [3.63, 3.8) is 0 Å². The smallest absolute Gasteiger partial charge is 0.0562 e. The van der Waals surface area contributed by atoms with Crippen LogP contribution in [0.15, 0.2) is 85.0 Å². The van der Waals surface area contributed by atoms with Crippen molar-refractivity contribution < 1.29 is 0 Å². The second kappa shape index (κ2) is 7.16. The summed E-state index contributed by atoms with van der Waals surface area (Å²) in [6.07, 6.45) is 8.34. The minimum atomic E-state index is 0.140. The minimum Gasteiger partial charge on any atom is -0.0887 e. The van der Waals surface area contributed by atoms with Gasteiger partial charge in [-0.15, -0.1) is 0 Å². The first kappa shape index (κ1) is 14.0. The average Bonchev–Trinajstić information content (AvgIpc) is 2.61. The topological polar surface area (TPSA) is 0 Å². The van der Waals surface area contributed by atoms with Crippen LogP contribution in [0.25, 0.3) is 0 Å². The summed E-state index contributed by atoms with van der Waals surface area (Å²) in [5.74, 6) is 13.4. The molecule has 0 amide bonds. The summed E-state index contributed by atoms with van der Waals surface area (Å²) < 4.78 is 0. The average molecular weight is 280 g/mol. The Labute approximate surface area is 132 Å². The number of hydrogen-bond donors (Lipinski definition) is 0. The van der Waals surface area contributed by atoms with E-state index in [0.29, 0.717) is 0 Å². The molecule has 0 nitrogen and oxygen atoms in total. The molecule has 3 rings (SSSR count). The van der Waals surface area contributed by atoms with Gasteiger partial charge in [0.2, 0.25) is 0 Å². The molecule has 0 heteroatoms. The van der Waals surface area contributed by atoms with Crippen molar-refractivity contribution in [2.45, 2.75) is 0 Å². The van der Waals surface area contributed by atoms with Crippen molar-refractivity contribution in [1.82, 2.24) is 0 Å². The second-order valence-corrected chi connectivity index (χ2v) is 5.09. The van der Waals surface area contributed by atoms with Gasteiger partial charge >= 0.3 is 0 Å². The van der Waals surface area contributed by atoms with Crippen molar-refractivity contribution in [3.8, 4) is 23.7 Å². The van der Waals surface area contributed by atoms with E-state index in [1.165, 1.54) is 0 Å². The maximum Gasteiger partial charge on any atom is 0.0562 e. The van der Waals surface area contributed by atoms with Crippen molar-refractivity contribution >= 4 is 0 Å². The van der Waals surface area contributed by atoms with Crippen LogP contribution in [0.3, 0.4) is 0 Å². The largest absolute Gasteiger partial charge is 0.0887 e. The molecule has 0 heterocycles. The molecule has 22 heavy (non-hydrogen) atoms. The van der Waals surface area contributed by atoms with Gasteiger partial charge in [0.1, 0.15) is 0 Å². The normalized spacial score (nSPS) is 18.7. The van der Waals surface area contributed by atoms with Gasteiger partial charge in [0.15, 0.2) is 0 Å². The van der Waals surface area contributed by atoms with E-state index in [1.807, 2.05) is 72.8 Å². The number of allylic oxidation sites excluding steroid dienone is 4. The highest BCUT2D eigenvalue weighted by Crippen LogP contribution is 2.18. The highest BCUT2D eigenvalue weighted by molar-refractivity contribution is 5.40. The van der Waals surface area contributed by atoms with Gasteiger partial charge in [-0.05, 0) is 24.3 Å². The zero-order chi connectivity index (χ0) is 15.0. The lowest BCUT2D eigenvalue weighted by Gasteiger charge is -2.13. The molecule has 2 aromatic carbocycles. The first-order valence-corrected chi connectivity index (χ1v) is 7.40. The molecule has 0 saturated carbocycles. The molecular weight excluding hydrogens is 264 g/mol. The van der Waals surface area contributed by atoms with E-state index >= 15 is 0 Å². The van der Waals surface area contributed by atoms with E-state index in [0.717, 1.165) is 11.1 Å². The van der Waals surface area contributed by atoms with Gasteiger partial charge in [0.05, 0.1) is 11.8 Å². The Kier molecular flexibility index (Phi) is 4.56. The van der Waals surface area contributed by atoms with Gasteiger partial charge in [-0.1, -0.05) is 84.4 Å². The standard InChI is InChI=1S/C22H16/c1-3-9-19(10-4-1)15-17-21-13-7-8-14-22(21)18-16-20-11-5-2-6-12-20/h1-14,21-22H. The zero-order valence-electron chi connectivity index (χ0n) is 12.2. The van der Waals surface area contributed by atoms with Crippen molar-refractivity contribution in [1.29, 1.82) is 0 Å².